The Hall–Kier alpha value is -3.93. The molecule has 0 atom stereocenters. The predicted octanol–water partition coefficient (Wildman–Crippen LogP) is 4.87. The van der Waals surface area contributed by atoms with Crippen molar-refractivity contribution in [3.8, 4) is 0 Å². The average Bonchev–Trinajstić information content (AvgIpc) is 2.80. The number of para-hydroxylation sites is 1. The summed E-state index contributed by atoms with van der Waals surface area (Å²) in [6.45, 7) is 3.77. The van der Waals surface area contributed by atoms with Crippen molar-refractivity contribution in [3.63, 3.8) is 0 Å². The van der Waals surface area contributed by atoms with Crippen LogP contribution in [0.15, 0.2) is 72.8 Å². The van der Waals surface area contributed by atoms with E-state index >= 15 is 0 Å². The standard InChI is InChI=1S/C25H25N3O3/c1-4-23(29)28(3)20-15-11-18(12-16-20)24(30)27-22-8-6-5-7-21(22)25(31)26-19-13-9-17(2)10-14-19/h5-16H,4H2,1-3H3,(H,26,31)(H,27,30). The third-order valence-electron chi connectivity index (χ3n) is 4.92. The quantitative estimate of drug-likeness (QED) is 0.603. The molecule has 0 heterocycles. The van der Waals surface area contributed by atoms with Crippen molar-refractivity contribution in [2.75, 3.05) is 22.6 Å². The maximum absolute atomic E-state index is 12.7. The summed E-state index contributed by atoms with van der Waals surface area (Å²) in [5.41, 5.74) is 3.69. The monoisotopic (exact) mass is 415 g/mol. The number of nitrogens with one attached hydrogen (secondary N) is 2. The fourth-order valence-corrected chi connectivity index (χ4v) is 3.04. The molecule has 0 aliphatic rings. The number of carbonyl (C=O) groups is 3. The highest BCUT2D eigenvalue weighted by Gasteiger charge is 2.15. The lowest BCUT2D eigenvalue weighted by molar-refractivity contribution is -0.118. The second-order valence-electron chi connectivity index (χ2n) is 7.17. The van der Waals surface area contributed by atoms with Gasteiger partial charge in [0.2, 0.25) is 5.91 Å². The summed E-state index contributed by atoms with van der Waals surface area (Å²) in [6.07, 6.45) is 0.403. The molecule has 0 unspecified atom stereocenters. The molecule has 158 valence electrons. The summed E-state index contributed by atoms with van der Waals surface area (Å²) >= 11 is 0. The normalized spacial score (nSPS) is 10.3. The molecule has 0 bridgehead atoms. The summed E-state index contributed by atoms with van der Waals surface area (Å²) in [5.74, 6) is -0.660. The van der Waals surface area contributed by atoms with Crippen LogP contribution in [0.1, 0.15) is 39.6 Å². The molecule has 0 fully saturated rings. The van der Waals surface area contributed by atoms with E-state index in [0.717, 1.165) is 5.56 Å². The highest BCUT2D eigenvalue weighted by Crippen LogP contribution is 2.20. The molecule has 6 nitrogen and oxygen atoms in total. The van der Waals surface area contributed by atoms with Crippen molar-refractivity contribution >= 4 is 34.8 Å². The van der Waals surface area contributed by atoms with Gasteiger partial charge in [-0.05, 0) is 55.5 Å². The SMILES string of the molecule is CCC(=O)N(C)c1ccc(C(=O)Nc2ccccc2C(=O)Nc2ccc(C)cc2)cc1. The summed E-state index contributed by atoms with van der Waals surface area (Å²) in [6, 6.07) is 21.1. The van der Waals surface area contributed by atoms with Gasteiger partial charge in [-0.15, -0.1) is 0 Å². The van der Waals surface area contributed by atoms with Crippen molar-refractivity contribution in [3.05, 3.63) is 89.5 Å². The lowest BCUT2D eigenvalue weighted by Crippen LogP contribution is -2.25. The average molecular weight is 415 g/mol. The van der Waals surface area contributed by atoms with Crippen LogP contribution in [0.25, 0.3) is 0 Å². The van der Waals surface area contributed by atoms with Crippen LogP contribution in [0.4, 0.5) is 17.1 Å². The Morgan fingerprint density at radius 1 is 0.806 bits per heavy atom. The van der Waals surface area contributed by atoms with Crippen molar-refractivity contribution in [1.82, 2.24) is 0 Å². The van der Waals surface area contributed by atoms with Gasteiger partial charge in [-0.25, -0.2) is 0 Å². The summed E-state index contributed by atoms with van der Waals surface area (Å²) in [4.78, 5) is 38.9. The molecule has 0 radical (unpaired) electrons. The maximum Gasteiger partial charge on any atom is 0.257 e. The fourth-order valence-electron chi connectivity index (χ4n) is 3.04. The van der Waals surface area contributed by atoms with Gasteiger partial charge >= 0.3 is 0 Å². The molecule has 6 heteroatoms. The minimum Gasteiger partial charge on any atom is -0.322 e. The van der Waals surface area contributed by atoms with Crippen LogP contribution in [0, 0.1) is 6.92 Å². The van der Waals surface area contributed by atoms with E-state index in [1.165, 1.54) is 0 Å². The van der Waals surface area contributed by atoms with E-state index in [-0.39, 0.29) is 17.7 Å². The zero-order valence-electron chi connectivity index (χ0n) is 17.8. The molecule has 3 aromatic rings. The summed E-state index contributed by atoms with van der Waals surface area (Å²) in [5, 5.41) is 5.65. The molecule has 3 aromatic carbocycles. The van der Waals surface area contributed by atoms with Crippen LogP contribution in [0.5, 0.6) is 0 Å². The number of amides is 3. The number of benzene rings is 3. The van der Waals surface area contributed by atoms with Gasteiger partial charge < -0.3 is 15.5 Å². The number of hydrogen-bond donors (Lipinski definition) is 2. The van der Waals surface area contributed by atoms with Gasteiger partial charge in [0.15, 0.2) is 0 Å². The molecular weight excluding hydrogens is 390 g/mol. The number of carbonyl (C=O) groups excluding carboxylic acids is 3. The van der Waals surface area contributed by atoms with E-state index in [9.17, 15) is 14.4 Å². The Morgan fingerprint density at radius 2 is 1.45 bits per heavy atom. The van der Waals surface area contributed by atoms with E-state index in [2.05, 4.69) is 10.6 Å². The van der Waals surface area contributed by atoms with Gasteiger partial charge in [-0.2, -0.15) is 0 Å². The first kappa shape index (κ1) is 21.8. The van der Waals surface area contributed by atoms with Gasteiger partial charge in [-0.3, -0.25) is 14.4 Å². The zero-order chi connectivity index (χ0) is 22.4. The Balaban J connectivity index is 1.74. The number of hydrogen-bond acceptors (Lipinski definition) is 3. The van der Waals surface area contributed by atoms with Crippen molar-refractivity contribution in [1.29, 1.82) is 0 Å². The first-order valence-electron chi connectivity index (χ1n) is 10.0. The number of aryl methyl sites for hydroxylation is 1. The van der Waals surface area contributed by atoms with Crippen LogP contribution in [0.2, 0.25) is 0 Å². The molecule has 0 saturated heterocycles. The minimum absolute atomic E-state index is 0.00859. The van der Waals surface area contributed by atoms with Crippen molar-refractivity contribution in [2.24, 2.45) is 0 Å². The number of anilines is 3. The fraction of sp³-hybridized carbons (Fsp3) is 0.160. The molecule has 0 aliphatic heterocycles. The second kappa shape index (κ2) is 9.71. The first-order valence-corrected chi connectivity index (χ1v) is 10.0. The highest BCUT2D eigenvalue weighted by molar-refractivity contribution is 6.12. The molecule has 31 heavy (non-hydrogen) atoms. The molecule has 3 rings (SSSR count). The van der Waals surface area contributed by atoms with Gasteiger partial charge in [-0.1, -0.05) is 36.8 Å². The Labute approximate surface area is 181 Å². The van der Waals surface area contributed by atoms with E-state index in [1.54, 1.807) is 67.4 Å². The van der Waals surface area contributed by atoms with Crippen LogP contribution in [-0.2, 0) is 4.79 Å². The summed E-state index contributed by atoms with van der Waals surface area (Å²) < 4.78 is 0. The smallest absolute Gasteiger partial charge is 0.257 e. The maximum atomic E-state index is 12.7. The predicted molar refractivity (Wildman–Crippen MR) is 124 cm³/mol. The van der Waals surface area contributed by atoms with Crippen molar-refractivity contribution in [2.45, 2.75) is 20.3 Å². The largest absolute Gasteiger partial charge is 0.322 e. The van der Waals surface area contributed by atoms with Gasteiger partial charge in [0.1, 0.15) is 0 Å². The Kier molecular flexibility index (Phi) is 6.82. The third-order valence-corrected chi connectivity index (χ3v) is 4.92. The Bertz CT molecular complexity index is 1090. The van der Waals surface area contributed by atoms with E-state index in [1.807, 2.05) is 31.2 Å². The van der Waals surface area contributed by atoms with Gasteiger partial charge in [0, 0.05) is 30.4 Å². The summed E-state index contributed by atoms with van der Waals surface area (Å²) in [7, 11) is 1.70. The van der Waals surface area contributed by atoms with Crippen LogP contribution < -0.4 is 15.5 Å². The molecule has 0 aliphatic carbocycles. The first-order chi connectivity index (χ1) is 14.9. The minimum atomic E-state index is -0.341. The second-order valence-corrected chi connectivity index (χ2v) is 7.17. The molecule has 3 amide bonds. The molecule has 2 N–H and O–H groups in total. The van der Waals surface area contributed by atoms with Crippen LogP contribution >= 0.6 is 0 Å². The zero-order valence-corrected chi connectivity index (χ0v) is 17.8. The van der Waals surface area contributed by atoms with Crippen molar-refractivity contribution < 1.29 is 14.4 Å². The number of rotatable bonds is 6. The van der Waals surface area contributed by atoms with Crippen LogP contribution in [0.3, 0.4) is 0 Å². The lowest BCUT2D eigenvalue weighted by Gasteiger charge is -2.17. The highest BCUT2D eigenvalue weighted by atomic mass is 16.2. The number of nitrogens with zero attached hydrogens (tertiary/aromatic N) is 1. The molecule has 0 saturated carbocycles. The lowest BCUT2D eigenvalue weighted by atomic mass is 10.1. The van der Waals surface area contributed by atoms with Crippen LogP contribution in [-0.4, -0.2) is 24.8 Å². The van der Waals surface area contributed by atoms with Gasteiger partial charge in [0.05, 0.1) is 11.3 Å². The Morgan fingerprint density at radius 3 is 2.10 bits per heavy atom. The van der Waals surface area contributed by atoms with E-state index in [0.29, 0.717) is 34.6 Å². The molecule has 0 spiro atoms. The van der Waals surface area contributed by atoms with E-state index in [4.69, 9.17) is 0 Å². The molecule has 0 aromatic heterocycles. The van der Waals surface area contributed by atoms with Gasteiger partial charge in [0.25, 0.3) is 11.8 Å². The van der Waals surface area contributed by atoms with E-state index < -0.39 is 0 Å². The third kappa shape index (κ3) is 5.36. The molecular formula is C25H25N3O3. The topological polar surface area (TPSA) is 78.5 Å².